The highest BCUT2D eigenvalue weighted by atomic mass is 35.5. The largest absolute Gasteiger partial charge is 0.497 e. The number of rotatable bonds is 6. The Morgan fingerprint density at radius 2 is 1.67 bits per heavy atom. The molecule has 1 aliphatic rings. The van der Waals surface area contributed by atoms with Crippen LogP contribution in [0.1, 0.15) is 27.4 Å². The van der Waals surface area contributed by atoms with Crippen LogP contribution in [-0.4, -0.2) is 44.9 Å². The number of methoxy groups -OCH3 is 1. The van der Waals surface area contributed by atoms with E-state index >= 15 is 0 Å². The van der Waals surface area contributed by atoms with E-state index in [1.807, 2.05) is 12.1 Å². The van der Waals surface area contributed by atoms with Crippen molar-refractivity contribution in [2.45, 2.75) is 23.0 Å². The first-order chi connectivity index (χ1) is 17.0. The van der Waals surface area contributed by atoms with E-state index in [1.165, 1.54) is 41.7 Å². The maximum Gasteiger partial charge on any atom is 0.417 e. The van der Waals surface area contributed by atoms with Crippen molar-refractivity contribution in [2.75, 3.05) is 20.2 Å². The maximum absolute atomic E-state index is 13.3. The van der Waals surface area contributed by atoms with Crippen molar-refractivity contribution in [3.05, 3.63) is 94.5 Å². The molecule has 1 amide bonds. The molecule has 3 aromatic carbocycles. The number of ether oxygens (including phenoxy) is 1. The third kappa shape index (κ3) is 5.21. The van der Waals surface area contributed by atoms with Crippen LogP contribution in [0.5, 0.6) is 5.75 Å². The minimum atomic E-state index is -4.73. The Morgan fingerprint density at radius 3 is 2.28 bits per heavy atom. The number of carbonyl (C=O) groups is 1. The van der Waals surface area contributed by atoms with E-state index in [1.54, 1.807) is 18.2 Å². The Balaban J connectivity index is 1.64. The number of hydrogen-bond donors (Lipinski definition) is 1. The van der Waals surface area contributed by atoms with Gasteiger partial charge in [-0.1, -0.05) is 48.0 Å². The van der Waals surface area contributed by atoms with E-state index in [-0.39, 0.29) is 23.5 Å². The zero-order valence-corrected chi connectivity index (χ0v) is 20.6. The minimum Gasteiger partial charge on any atom is -0.497 e. The van der Waals surface area contributed by atoms with Gasteiger partial charge in [-0.15, -0.1) is 0 Å². The lowest BCUT2D eigenvalue weighted by Gasteiger charge is -2.21. The van der Waals surface area contributed by atoms with Crippen LogP contribution < -0.4 is 10.1 Å². The average Bonchev–Trinajstić information content (AvgIpc) is 3.28. The predicted octanol–water partition coefficient (Wildman–Crippen LogP) is 4.95. The normalized spacial score (nSPS) is 18.7. The second kappa shape index (κ2) is 10.1. The van der Waals surface area contributed by atoms with Gasteiger partial charge in [0, 0.05) is 19.0 Å². The van der Waals surface area contributed by atoms with Gasteiger partial charge in [0.05, 0.1) is 34.2 Å². The fraction of sp³-hybridized carbons (Fsp3) is 0.240. The molecular weight excluding hydrogens is 517 g/mol. The lowest BCUT2D eigenvalue weighted by atomic mass is 9.94. The van der Waals surface area contributed by atoms with E-state index in [0.29, 0.717) is 5.75 Å². The van der Waals surface area contributed by atoms with E-state index in [0.717, 1.165) is 17.7 Å². The molecule has 0 bridgehead atoms. The molecule has 1 saturated heterocycles. The van der Waals surface area contributed by atoms with Gasteiger partial charge in [0.25, 0.3) is 5.91 Å². The van der Waals surface area contributed by atoms with Gasteiger partial charge in [0.2, 0.25) is 10.0 Å². The summed E-state index contributed by atoms with van der Waals surface area (Å²) >= 11 is 5.94. The van der Waals surface area contributed by atoms with Crippen molar-refractivity contribution < 1.29 is 31.1 Å². The van der Waals surface area contributed by atoms with Crippen LogP contribution in [0.4, 0.5) is 13.2 Å². The Bertz CT molecular complexity index is 1350. The second-order valence-electron chi connectivity index (χ2n) is 8.26. The monoisotopic (exact) mass is 538 g/mol. The van der Waals surface area contributed by atoms with Crippen LogP contribution in [0.2, 0.25) is 5.02 Å². The molecule has 4 rings (SSSR count). The Kier molecular flexibility index (Phi) is 7.31. The standard InChI is InChI=1S/C25H22ClF3N2O4S/c1-35-17-10-12-18(13-11-17)36(33,34)31-14-20(16-6-3-2-4-7-16)22(15-31)30-24(32)19-8-5-9-21(23(19)26)25(27,28)29/h2-13,20,22H,14-15H2,1H3,(H,30,32)/t20-,22+/m0/s1. The van der Waals surface area contributed by atoms with Gasteiger partial charge in [-0.05, 0) is 42.0 Å². The molecular formula is C25H22ClF3N2O4S. The molecule has 11 heteroatoms. The third-order valence-corrected chi connectivity index (χ3v) is 8.33. The lowest BCUT2D eigenvalue weighted by molar-refractivity contribution is -0.137. The molecule has 0 aliphatic carbocycles. The molecule has 1 aliphatic heterocycles. The number of halogens is 4. The zero-order valence-electron chi connectivity index (χ0n) is 19.0. The fourth-order valence-electron chi connectivity index (χ4n) is 4.22. The van der Waals surface area contributed by atoms with Crippen molar-refractivity contribution in [1.82, 2.24) is 9.62 Å². The molecule has 2 atom stereocenters. The van der Waals surface area contributed by atoms with Crippen LogP contribution in [0.15, 0.2) is 77.7 Å². The number of nitrogens with zero attached hydrogens (tertiary/aromatic N) is 1. The smallest absolute Gasteiger partial charge is 0.417 e. The Labute approximate surface area is 211 Å². The predicted molar refractivity (Wildman–Crippen MR) is 129 cm³/mol. The second-order valence-corrected chi connectivity index (χ2v) is 10.6. The number of hydrogen-bond acceptors (Lipinski definition) is 4. The van der Waals surface area contributed by atoms with Crippen LogP contribution in [0.3, 0.4) is 0 Å². The molecule has 1 fully saturated rings. The summed E-state index contributed by atoms with van der Waals surface area (Å²) in [7, 11) is -2.45. The third-order valence-electron chi connectivity index (χ3n) is 6.08. The minimum absolute atomic E-state index is 0.0583. The molecule has 0 spiro atoms. The highest BCUT2D eigenvalue weighted by Crippen LogP contribution is 2.37. The van der Waals surface area contributed by atoms with E-state index in [9.17, 15) is 26.4 Å². The first-order valence-corrected chi connectivity index (χ1v) is 12.7. The Hall–Kier alpha value is -3.08. The fourth-order valence-corrected chi connectivity index (χ4v) is 6.03. The number of amides is 1. The quantitative estimate of drug-likeness (QED) is 0.482. The lowest BCUT2D eigenvalue weighted by Crippen LogP contribution is -2.40. The number of sulfonamides is 1. The molecule has 0 aromatic heterocycles. The molecule has 3 aromatic rings. The van der Waals surface area contributed by atoms with Crippen molar-refractivity contribution in [2.24, 2.45) is 0 Å². The van der Waals surface area contributed by atoms with Crippen molar-refractivity contribution >= 4 is 27.5 Å². The number of benzene rings is 3. The van der Waals surface area contributed by atoms with Crippen LogP contribution in [0.25, 0.3) is 0 Å². The first kappa shape index (κ1) is 26.0. The first-order valence-electron chi connectivity index (χ1n) is 10.9. The summed E-state index contributed by atoms with van der Waals surface area (Å²) < 4.78 is 72.9. The highest BCUT2D eigenvalue weighted by Gasteiger charge is 2.41. The van der Waals surface area contributed by atoms with Crippen molar-refractivity contribution in [3.63, 3.8) is 0 Å². The van der Waals surface area contributed by atoms with Crippen LogP contribution in [0, 0.1) is 0 Å². The molecule has 6 nitrogen and oxygen atoms in total. The molecule has 0 unspecified atom stereocenters. The van der Waals surface area contributed by atoms with Gasteiger partial charge in [-0.25, -0.2) is 8.42 Å². The van der Waals surface area contributed by atoms with Gasteiger partial charge in [0.1, 0.15) is 5.75 Å². The molecule has 0 radical (unpaired) electrons. The van der Waals surface area contributed by atoms with Crippen LogP contribution >= 0.6 is 11.6 Å². The van der Waals surface area contributed by atoms with E-state index in [4.69, 9.17) is 16.3 Å². The number of nitrogens with one attached hydrogen (secondary N) is 1. The van der Waals surface area contributed by atoms with Gasteiger partial charge >= 0.3 is 6.18 Å². The van der Waals surface area contributed by atoms with E-state index in [2.05, 4.69) is 5.32 Å². The average molecular weight is 539 g/mol. The topological polar surface area (TPSA) is 75.7 Å². The summed E-state index contributed by atoms with van der Waals surface area (Å²) in [5, 5.41) is 2.01. The number of carbonyl (C=O) groups excluding carboxylic acids is 1. The van der Waals surface area contributed by atoms with Crippen LogP contribution in [-0.2, 0) is 16.2 Å². The molecule has 1 heterocycles. The van der Waals surface area contributed by atoms with Crippen molar-refractivity contribution in [3.8, 4) is 5.75 Å². The summed E-state index contributed by atoms with van der Waals surface area (Å²) in [5.41, 5.74) is -0.674. The SMILES string of the molecule is COc1ccc(S(=O)(=O)N2C[C@@H](NC(=O)c3cccc(C(F)(F)F)c3Cl)[C@H](c3ccccc3)C2)cc1. The summed E-state index contributed by atoms with van der Waals surface area (Å²) in [6.45, 7) is -0.00408. The summed E-state index contributed by atoms with van der Waals surface area (Å²) in [6.07, 6.45) is -4.73. The number of alkyl halides is 3. The molecule has 190 valence electrons. The molecule has 1 N–H and O–H groups in total. The zero-order chi connectivity index (χ0) is 26.1. The van der Waals surface area contributed by atoms with Crippen molar-refractivity contribution in [1.29, 1.82) is 0 Å². The summed E-state index contributed by atoms with van der Waals surface area (Å²) in [5.74, 6) is -0.755. The van der Waals surface area contributed by atoms with E-state index < -0.39 is 44.7 Å². The molecule has 0 saturated carbocycles. The Morgan fingerprint density at radius 1 is 1.00 bits per heavy atom. The van der Waals surface area contributed by atoms with Gasteiger partial charge in [-0.2, -0.15) is 17.5 Å². The summed E-state index contributed by atoms with van der Waals surface area (Å²) in [4.78, 5) is 13.1. The maximum atomic E-state index is 13.3. The highest BCUT2D eigenvalue weighted by molar-refractivity contribution is 7.89. The van der Waals surface area contributed by atoms with Gasteiger partial charge in [0.15, 0.2) is 0 Å². The molecule has 36 heavy (non-hydrogen) atoms. The van der Waals surface area contributed by atoms with Gasteiger partial charge in [-0.3, -0.25) is 4.79 Å². The summed E-state index contributed by atoms with van der Waals surface area (Å²) in [6, 6.07) is 17.3. The van der Waals surface area contributed by atoms with Gasteiger partial charge < -0.3 is 10.1 Å².